The zero-order valence-electron chi connectivity index (χ0n) is 8.05. The molecular formula is C11H16O2. The number of rotatable bonds is 3. The Morgan fingerprint density at radius 1 is 1.54 bits per heavy atom. The van der Waals surface area contributed by atoms with Crippen LogP contribution in [0.2, 0.25) is 0 Å². The molecule has 0 spiro atoms. The largest absolute Gasteiger partial charge is 0.481 e. The average Bonchev–Trinajstić information content (AvgIpc) is 2.58. The van der Waals surface area contributed by atoms with Crippen LogP contribution >= 0.6 is 0 Å². The Morgan fingerprint density at radius 3 is 2.46 bits per heavy atom. The Bertz CT molecular complexity index is 257. The lowest BCUT2D eigenvalue weighted by atomic mass is 9.78. The number of aliphatic carboxylic acids is 1. The van der Waals surface area contributed by atoms with Gasteiger partial charge in [0.2, 0.25) is 0 Å². The topological polar surface area (TPSA) is 37.3 Å². The van der Waals surface area contributed by atoms with Crippen LogP contribution in [0.3, 0.4) is 0 Å². The summed E-state index contributed by atoms with van der Waals surface area (Å²) in [6.45, 7) is 5.75. The maximum absolute atomic E-state index is 11.2. The molecule has 2 atom stereocenters. The number of hydrogen-bond donors (Lipinski definition) is 1. The predicted molar refractivity (Wildman–Crippen MR) is 50.3 cm³/mol. The van der Waals surface area contributed by atoms with Gasteiger partial charge in [0.25, 0.3) is 0 Å². The van der Waals surface area contributed by atoms with Crippen molar-refractivity contribution >= 4 is 5.97 Å². The van der Waals surface area contributed by atoms with Crippen LogP contribution < -0.4 is 0 Å². The minimum Gasteiger partial charge on any atom is -0.481 e. The van der Waals surface area contributed by atoms with Gasteiger partial charge in [0.05, 0.1) is 5.41 Å². The number of carbonyl (C=O) groups is 1. The molecule has 72 valence electrons. The molecule has 0 aromatic heterocycles. The van der Waals surface area contributed by atoms with Crippen LogP contribution in [0.25, 0.3) is 0 Å². The molecule has 0 aliphatic heterocycles. The molecule has 2 rings (SSSR count). The summed E-state index contributed by atoms with van der Waals surface area (Å²) < 4.78 is 0. The number of carboxylic acid groups (broad SMARTS) is 1. The third kappa shape index (κ3) is 1.38. The van der Waals surface area contributed by atoms with E-state index in [9.17, 15) is 9.90 Å². The molecule has 2 heteroatoms. The molecule has 0 bridgehead atoms. The van der Waals surface area contributed by atoms with Gasteiger partial charge in [-0.1, -0.05) is 5.57 Å². The van der Waals surface area contributed by atoms with Crippen LogP contribution in [0.1, 0.15) is 32.6 Å². The summed E-state index contributed by atoms with van der Waals surface area (Å²) in [6, 6.07) is 0. The van der Waals surface area contributed by atoms with E-state index >= 15 is 0 Å². The first-order valence-electron chi connectivity index (χ1n) is 4.91. The average molecular weight is 180 g/mol. The third-order valence-electron chi connectivity index (χ3n) is 3.47. The molecule has 1 N–H and O–H groups in total. The molecule has 2 aliphatic carbocycles. The summed E-state index contributed by atoms with van der Waals surface area (Å²) in [6.07, 6.45) is 3.72. The first kappa shape index (κ1) is 8.79. The Kier molecular flexibility index (Phi) is 1.76. The van der Waals surface area contributed by atoms with Crippen LogP contribution in [-0.4, -0.2) is 11.1 Å². The molecule has 0 heterocycles. The van der Waals surface area contributed by atoms with Crippen molar-refractivity contribution in [2.75, 3.05) is 0 Å². The summed E-state index contributed by atoms with van der Waals surface area (Å²) in [4.78, 5) is 11.2. The Balaban J connectivity index is 2.12. The molecule has 0 saturated heterocycles. The third-order valence-corrected chi connectivity index (χ3v) is 3.47. The molecular weight excluding hydrogens is 164 g/mol. The first-order chi connectivity index (χ1) is 6.03. The normalized spacial score (nSPS) is 41.3. The SMILES string of the molecule is C=C(C)CC1(C(=O)O)CC2CC2C1. The zero-order valence-corrected chi connectivity index (χ0v) is 8.05. The van der Waals surface area contributed by atoms with Crippen molar-refractivity contribution in [3.63, 3.8) is 0 Å². The van der Waals surface area contributed by atoms with E-state index in [1.807, 2.05) is 6.92 Å². The second-order valence-electron chi connectivity index (χ2n) is 4.88. The highest BCUT2D eigenvalue weighted by molar-refractivity contribution is 5.76. The van der Waals surface area contributed by atoms with Crippen molar-refractivity contribution in [3.05, 3.63) is 12.2 Å². The summed E-state index contributed by atoms with van der Waals surface area (Å²) in [5.74, 6) is 0.827. The highest BCUT2D eigenvalue weighted by atomic mass is 16.4. The van der Waals surface area contributed by atoms with Gasteiger partial charge < -0.3 is 5.11 Å². The lowest BCUT2D eigenvalue weighted by Gasteiger charge is -2.25. The minimum atomic E-state index is -0.609. The number of hydrogen-bond acceptors (Lipinski definition) is 1. The number of carboxylic acids is 1. The number of fused-ring (bicyclic) bond motifs is 1. The molecule has 2 unspecified atom stereocenters. The second-order valence-corrected chi connectivity index (χ2v) is 4.88. The van der Waals surface area contributed by atoms with E-state index in [0.717, 1.165) is 30.3 Å². The molecule has 0 aromatic carbocycles. The Morgan fingerprint density at radius 2 is 2.08 bits per heavy atom. The van der Waals surface area contributed by atoms with E-state index in [2.05, 4.69) is 6.58 Å². The molecule has 2 fully saturated rings. The standard InChI is InChI=1S/C11H16O2/c1-7(2)4-11(10(12)13)5-8-3-9(8)6-11/h8-9H,1,3-6H2,2H3,(H,12,13). The number of allylic oxidation sites excluding steroid dienone is 1. The first-order valence-corrected chi connectivity index (χ1v) is 4.91. The van der Waals surface area contributed by atoms with Gasteiger partial charge >= 0.3 is 5.97 Å². The molecule has 2 nitrogen and oxygen atoms in total. The summed E-state index contributed by atoms with van der Waals surface area (Å²) in [5.41, 5.74) is 0.558. The Hall–Kier alpha value is -0.790. The van der Waals surface area contributed by atoms with Crippen molar-refractivity contribution in [3.8, 4) is 0 Å². The molecule has 2 saturated carbocycles. The van der Waals surface area contributed by atoms with Crippen LogP contribution in [0, 0.1) is 17.3 Å². The van der Waals surface area contributed by atoms with Crippen molar-refractivity contribution < 1.29 is 9.90 Å². The quantitative estimate of drug-likeness (QED) is 0.677. The van der Waals surface area contributed by atoms with E-state index < -0.39 is 11.4 Å². The van der Waals surface area contributed by atoms with E-state index in [1.54, 1.807) is 0 Å². The van der Waals surface area contributed by atoms with Crippen LogP contribution in [0.15, 0.2) is 12.2 Å². The maximum atomic E-state index is 11.2. The molecule has 0 amide bonds. The fourth-order valence-corrected chi connectivity index (χ4v) is 2.87. The predicted octanol–water partition coefficient (Wildman–Crippen LogP) is 2.45. The maximum Gasteiger partial charge on any atom is 0.309 e. The molecule has 13 heavy (non-hydrogen) atoms. The van der Waals surface area contributed by atoms with Gasteiger partial charge in [0.15, 0.2) is 0 Å². The minimum absolute atomic E-state index is 0.445. The fourth-order valence-electron chi connectivity index (χ4n) is 2.87. The molecule has 0 radical (unpaired) electrons. The van der Waals surface area contributed by atoms with Gasteiger partial charge in [-0.2, -0.15) is 0 Å². The van der Waals surface area contributed by atoms with Crippen molar-refractivity contribution in [2.45, 2.75) is 32.6 Å². The van der Waals surface area contributed by atoms with Crippen molar-refractivity contribution in [1.29, 1.82) is 0 Å². The second kappa shape index (κ2) is 2.60. The Labute approximate surface area is 78.6 Å². The van der Waals surface area contributed by atoms with E-state index in [1.165, 1.54) is 6.42 Å². The van der Waals surface area contributed by atoms with E-state index in [0.29, 0.717) is 6.42 Å². The highest BCUT2D eigenvalue weighted by Crippen LogP contribution is 2.61. The summed E-state index contributed by atoms with van der Waals surface area (Å²) in [5, 5.41) is 9.21. The monoisotopic (exact) mass is 180 g/mol. The van der Waals surface area contributed by atoms with Crippen LogP contribution in [0.5, 0.6) is 0 Å². The van der Waals surface area contributed by atoms with Crippen molar-refractivity contribution in [2.24, 2.45) is 17.3 Å². The smallest absolute Gasteiger partial charge is 0.309 e. The summed E-state index contributed by atoms with van der Waals surface area (Å²) >= 11 is 0. The van der Waals surface area contributed by atoms with Gasteiger partial charge in [0, 0.05) is 0 Å². The van der Waals surface area contributed by atoms with Gasteiger partial charge in [-0.3, -0.25) is 4.79 Å². The van der Waals surface area contributed by atoms with Gasteiger partial charge in [-0.25, -0.2) is 0 Å². The van der Waals surface area contributed by atoms with E-state index in [4.69, 9.17) is 0 Å². The fraction of sp³-hybridized carbons (Fsp3) is 0.727. The van der Waals surface area contributed by atoms with E-state index in [-0.39, 0.29) is 0 Å². The lowest BCUT2D eigenvalue weighted by Crippen LogP contribution is -2.29. The van der Waals surface area contributed by atoms with Crippen LogP contribution in [-0.2, 0) is 4.79 Å². The molecule has 2 aliphatic rings. The van der Waals surface area contributed by atoms with Gasteiger partial charge in [-0.05, 0) is 44.4 Å². The van der Waals surface area contributed by atoms with Crippen LogP contribution in [0.4, 0.5) is 0 Å². The van der Waals surface area contributed by atoms with Gasteiger partial charge in [-0.15, -0.1) is 6.58 Å². The van der Waals surface area contributed by atoms with Gasteiger partial charge in [0.1, 0.15) is 0 Å². The lowest BCUT2D eigenvalue weighted by molar-refractivity contribution is -0.149. The highest BCUT2D eigenvalue weighted by Gasteiger charge is 2.57. The summed E-state index contributed by atoms with van der Waals surface area (Å²) in [7, 11) is 0. The molecule has 0 aromatic rings. The van der Waals surface area contributed by atoms with Crippen molar-refractivity contribution in [1.82, 2.24) is 0 Å². The zero-order chi connectivity index (χ0) is 9.64.